The van der Waals surface area contributed by atoms with Gasteiger partial charge in [-0.25, -0.2) is 14.6 Å². The first kappa shape index (κ1) is 19.1. The quantitative estimate of drug-likeness (QED) is 0.420. The van der Waals surface area contributed by atoms with Crippen molar-refractivity contribution >= 4 is 22.8 Å². The van der Waals surface area contributed by atoms with Crippen molar-refractivity contribution in [3.05, 3.63) is 65.8 Å². The summed E-state index contributed by atoms with van der Waals surface area (Å²) in [5.41, 5.74) is 4.80. The Balaban J connectivity index is 1.47. The lowest BCUT2D eigenvalue weighted by Gasteiger charge is -2.29. The molecular weight excluding hydrogens is 422 g/mol. The van der Waals surface area contributed by atoms with Gasteiger partial charge in [0.25, 0.3) is 0 Å². The number of hydrogen-bond acceptors (Lipinski definition) is 7. The highest BCUT2D eigenvalue weighted by Gasteiger charge is 2.20. The van der Waals surface area contributed by atoms with Crippen molar-refractivity contribution in [2.45, 2.75) is 6.92 Å². The molecule has 0 aliphatic carbocycles. The summed E-state index contributed by atoms with van der Waals surface area (Å²) in [6.45, 7) is 5.08. The van der Waals surface area contributed by atoms with E-state index >= 15 is 0 Å². The van der Waals surface area contributed by atoms with Crippen molar-refractivity contribution in [1.29, 1.82) is 0 Å². The second-order valence-corrected chi connectivity index (χ2v) is 8.62. The molecule has 0 atom stereocenters. The van der Waals surface area contributed by atoms with Crippen molar-refractivity contribution < 1.29 is 4.74 Å². The normalized spacial score (nSPS) is 14.3. The number of aryl methyl sites for hydroxylation is 1. The Kier molecular flexibility index (Phi) is 4.70. The van der Waals surface area contributed by atoms with Crippen LogP contribution in [-0.2, 0) is 4.74 Å². The van der Waals surface area contributed by atoms with Crippen LogP contribution in [-0.4, -0.2) is 55.7 Å². The summed E-state index contributed by atoms with van der Waals surface area (Å²) in [7, 11) is 0. The zero-order valence-corrected chi connectivity index (χ0v) is 18.4. The molecule has 0 bridgehead atoms. The van der Waals surface area contributed by atoms with Gasteiger partial charge in [0.15, 0.2) is 11.5 Å². The minimum Gasteiger partial charge on any atom is -0.378 e. The summed E-state index contributed by atoms with van der Waals surface area (Å²) < 4.78 is 9.29. The van der Waals surface area contributed by atoms with Crippen molar-refractivity contribution in [2.24, 2.45) is 0 Å². The number of nitrogens with zero attached hydrogens (tertiary/aromatic N) is 7. The summed E-state index contributed by atoms with van der Waals surface area (Å²) in [6, 6.07) is 14.4. The van der Waals surface area contributed by atoms with Crippen LogP contribution in [0.1, 0.15) is 5.56 Å². The minimum absolute atomic E-state index is 0.693. The van der Waals surface area contributed by atoms with Gasteiger partial charge in [-0.1, -0.05) is 23.8 Å². The lowest BCUT2D eigenvalue weighted by molar-refractivity contribution is 0.122. The van der Waals surface area contributed by atoms with E-state index in [1.54, 1.807) is 17.5 Å². The number of rotatable bonds is 4. The Morgan fingerprint density at radius 3 is 2.72 bits per heavy atom. The maximum absolute atomic E-state index is 5.56. The van der Waals surface area contributed by atoms with Gasteiger partial charge in [-0.15, -0.1) is 11.3 Å². The number of fused-ring (bicyclic) bond motifs is 1. The third kappa shape index (κ3) is 3.45. The Morgan fingerprint density at radius 2 is 1.91 bits per heavy atom. The molecule has 9 heteroatoms. The number of hydrogen-bond donors (Lipinski definition) is 0. The van der Waals surface area contributed by atoms with Crippen molar-refractivity contribution in [3.63, 3.8) is 0 Å². The molecule has 5 heterocycles. The molecule has 1 fully saturated rings. The molecule has 1 aliphatic heterocycles. The second-order valence-electron chi connectivity index (χ2n) is 7.72. The molecular formula is C23H21N7OS. The summed E-state index contributed by atoms with van der Waals surface area (Å²) in [4.78, 5) is 11.6. The van der Waals surface area contributed by atoms with Crippen LogP contribution in [0.4, 0.5) is 5.82 Å². The molecule has 1 aliphatic rings. The summed E-state index contributed by atoms with van der Waals surface area (Å²) in [5, 5.41) is 12.5. The van der Waals surface area contributed by atoms with E-state index in [0.717, 1.165) is 52.3 Å². The number of morpholine rings is 1. The van der Waals surface area contributed by atoms with E-state index < -0.39 is 0 Å². The maximum atomic E-state index is 5.56. The van der Waals surface area contributed by atoms with Crippen molar-refractivity contribution in [1.82, 2.24) is 29.4 Å². The fourth-order valence-electron chi connectivity index (χ4n) is 3.95. The van der Waals surface area contributed by atoms with Gasteiger partial charge in [-0.2, -0.15) is 14.7 Å². The van der Waals surface area contributed by atoms with Crippen LogP contribution >= 0.6 is 11.3 Å². The van der Waals surface area contributed by atoms with Gasteiger partial charge in [-0.3, -0.25) is 0 Å². The third-order valence-electron chi connectivity index (χ3n) is 5.52. The van der Waals surface area contributed by atoms with Gasteiger partial charge in [-0.05, 0) is 19.1 Å². The molecule has 0 amide bonds. The number of thiazole rings is 1. The van der Waals surface area contributed by atoms with Gasteiger partial charge in [0, 0.05) is 48.6 Å². The Morgan fingerprint density at radius 1 is 1.00 bits per heavy atom. The largest absolute Gasteiger partial charge is 0.378 e. The van der Waals surface area contributed by atoms with Crippen LogP contribution < -0.4 is 4.90 Å². The van der Waals surface area contributed by atoms with E-state index in [4.69, 9.17) is 19.9 Å². The van der Waals surface area contributed by atoms with Crippen LogP contribution in [0.25, 0.3) is 33.4 Å². The Hall–Kier alpha value is -3.56. The highest BCUT2D eigenvalue weighted by molar-refractivity contribution is 7.13. The van der Waals surface area contributed by atoms with E-state index in [1.807, 2.05) is 39.0 Å². The SMILES string of the molecule is Cc1cccc(-c2ccn(-c3cc(N4CCOCC4)n4nc(-c5nccs5)cc4n3)n2)c1. The fraction of sp³-hybridized carbons (Fsp3) is 0.217. The van der Waals surface area contributed by atoms with Gasteiger partial charge >= 0.3 is 0 Å². The van der Waals surface area contributed by atoms with Crippen molar-refractivity contribution in [2.75, 3.05) is 31.2 Å². The maximum Gasteiger partial charge on any atom is 0.160 e. The average molecular weight is 444 g/mol. The first-order chi connectivity index (χ1) is 15.7. The molecule has 4 aromatic heterocycles. The smallest absolute Gasteiger partial charge is 0.160 e. The Labute approximate surface area is 188 Å². The summed E-state index contributed by atoms with van der Waals surface area (Å²) in [5.74, 6) is 1.73. The zero-order chi connectivity index (χ0) is 21.5. The number of anilines is 1. The predicted octanol–water partition coefficient (Wildman–Crippen LogP) is 3.85. The summed E-state index contributed by atoms with van der Waals surface area (Å²) in [6.07, 6.45) is 3.75. The molecule has 5 aromatic rings. The molecule has 1 aromatic carbocycles. The zero-order valence-electron chi connectivity index (χ0n) is 17.5. The molecule has 1 saturated heterocycles. The molecule has 160 valence electrons. The number of aromatic nitrogens is 6. The van der Waals surface area contributed by atoms with Gasteiger partial charge in [0.1, 0.15) is 16.5 Å². The van der Waals surface area contributed by atoms with E-state index in [-0.39, 0.29) is 0 Å². The van der Waals surface area contributed by atoms with Crippen LogP contribution in [0.5, 0.6) is 0 Å². The fourth-order valence-corrected chi connectivity index (χ4v) is 4.54. The van der Waals surface area contributed by atoms with Crippen LogP contribution in [0.15, 0.2) is 60.2 Å². The topological polar surface area (TPSA) is 73.4 Å². The van der Waals surface area contributed by atoms with E-state index in [9.17, 15) is 0 Å². The van der Waals surface area contributed by atoms with Crippen molar-refractivity contribution in [3.8, 4) is 27.8 Å². The highest BCUT2D eigenvalue weighted by atomic mass is 32.1. The monoisotopic (exact) mass is 443 g/mol. The number of ether oxygens (including phenoxy) is 1. The van der Waals surface area contributed by atoms with E-state index in [2.05, 4.69) is 41.1 Å². The molecule has 0 saturated carbocycles. The Bertz CT molecular complexity index is 1380. The second kappa shape index (κ2) is 7.85. The lowest BCUT2D eigenvalue weighted by atomic mass is 10.1. The van der Waals surface area contributed by atoms with Crippen LogP contribution in [0.3, 0.4) is 0 Å². The standard InChI is InChI=1S/C23H21N7OS/c1-16-3-2-4-17(13-16)18-5-7-29(26-18)20-15-22(28-8-10-31-11-9-28)30-21(25-20)14-19(27-30)23-24-6-12-32-23/h2-7,12-15H,8-11H2,1H3. The molecule has 0 unspecified atom stereocenters. The predicted molar refractivity (Wildman–Crippen MR) is 124 cm³/mol. The summed E-state index contributed by atoms with van der Waals surface area (Å²) >= 11 is 1.57. The first-order valence-corrected chi connectivity index (χ1v) is 11.4. The average Bonchev–Trinajstić information content (AvgIpc) is 3.59. The number of benzene rings is 1. The van der Waals surface area contributed by atoms with Crippen LogP contribution in [0.2, 0.25) is 0 Å². The lowest BCUT2D eigenvalue weighted by Crippen LogP contribution is -2.37. The molecule has 0 spiro atoms. The minimum atomic E-state index is 0.693. The highest BCUT2D eigenvalue weighted by Crippen LogP contribution is 2.27. The molecule has 6 rings (SSSR count). The molecule has 0 radical (unpaired) electrons. The molecule has 32 heavy (non-hydrogen) atoms. The van der Waals surface area contributed by atoms with Gasteiger partial charge < -0.3 is 9.64 Å². The van der Waals surface area contributed by atoms with Gasteiger partial charge in [0.2, 0.25) is 0 Å². The van der Waals surface area contributed by atoms with Gasteiger partial charge in [0.05, 0.1) is 18.9 Å². The molecule has 0 N–H and O–H groups in total. The van der Waals surface area contributed by atoms with E-state index in [1.165, 1.54) is 5.56 Å². The van der Waals surface area contributed by atoms with E-state index in [0.29, 0.717) is 13.2 Å². The molecule has 8 nitrogen and oxygen atoms in total. The van der Waals surface area contributed by atoms with Crippen LogP contribution in [0, 0.1) is 6.92 Å². The first-order valence-electron chi connectivity index (χ1n) is 10.5. The third-order valence-corrected chi connectivity index (χ3v) is 6.31.